The van der Waals surface area contributed by atoms with Gasteiger partial charge in [-0.3, -0.25) is 14.5 Å². The molecule has 0 saturated carbocycles. The molecule has 33 heavy (non-hydrogen) atoms. The third kappa shape index (κ3) is 3.71. The van der Waals surface area contributed by atoms with Gasteiger partial charge in [-0.1, -0.05) is 23.8 Å². The lowest BCUT2D eigenvalue weighted by Crippen LogP contribution is -2.30. The van der Waals surface area contributed by atoms with E-state index in [4.69, 9.17) is 9.15 Å². The average molecular weight is 446 g/mol. The number of aliphatic hydroxyl groups excluding tert-OH is 1. The Morgan fingerprint density at radius 1 is 0.939 bits per heavy atom. The number of benzene rings is 2. The number of aryl methyl sites for hydroxylation is 5. The number of methoxy groups -OCH3 is 1. The van der Waals surface area contributed by atoms with Crippen LogP contribution in [0.1, 0.15) is 45.4 Å². The molecule has 1 amide bonds. The fraction of sp³-hybridized carbons (Fsp3) is 0.259. The first-order chi connectivity index (χ1) is 15.6. The smallest absolute Gasteiger partial charge is 0.300 e. The lowest BCUT2D eigenvalue weighted by Gasteiger charge is -2.25. The van der Waals surface area contributed by atoms with Crippen molar-refractivity contribution in [1.82, 2.24) is 0 Å². The maximum atomic E-state index is 13.4. The molecule has 3 aromatic rings. The maximum absolute atomic E-state index is 13.4. The summed E-state index contributed by atoms with van der Waals surface area (Å²) in [5.41, 5.74) is 4.51. The number of Topliss-reactive ketones (excluding diaryl/α,β-unsaturated/α-hetero) is 1. The molecule has 170 valence electrons. The Morgan fingerprint density at radius 3 is 2.24 bits per heavy atom. The normalized spacial score (nSPS) is 17.6. The predicted octanol–water partition coefficient (Wildman–Crippen LogP) is 5.46. The van der Waals surface area contributed by atoms with Crippen molar-refractivity contribution in [2.24, 2.45) is 0 Å². The molecule has 0 radical (unpaired) electrons. The van der Waals surface area contributed by atoms with Crippen LogP contribution in [0.3, 0.4) is 0 Å². The van der Waals surface area contributed by atoms with Gasteiger partial charge in [-0.05, 0) is 75.6 Å². The van der Waals surface area contributed by atoms with E-state index in [1.165, 1.54) is 12.0 Å². The molecule has 1 saturated heterocycles. The molecule has 0 aliphatic carbocycles. The zero-order valence-electron chi connectivity index (χ0n) is 19.6. The van der Waals surface area contributed by atoms with E-state index in [0.717, 1.165) is 22.3 Å². The van der Waals surface area contributed by atoms with E-state index in [1.54, 1.807) is 25.1 Å². The van der Waals surface area contributed by atoms with Crippen LogP contribution in [-0.2, 0) is 9.59 Å². The van der Waals surface area contributed by atoms with Gasteiger partial charge in [-0.2, -0.15) is 0 Å². The highest BCUT2D eigenvalue weighted by Gasteiger charge is 2.49. The second kappa shape index (κ2) is 8.28. The monoisotopic (exact) mass is 445 g/mol. The molecule has 0 bridgehead atoms. The van der Waals surface area contributed by atoms with Crippen LogP contribution in [0.2, 0.25) is 0 Å². The van der Waals surface area contributed by atoms with Crippen LogP contribution in [0.4, 0.5) is 5.69 Å². The molecule has 1 aromatic heterocycles. The second-order valence-electron chi connectivity index (χ2n) is 8.57. The van der Waals surface area contributed by atoms with E-state index in [-0.39, 0.29) is 11.3 Å². The fourth-order valence-electron chi connectivity index (χ4n) is 4.57. The lowest BCUT2D eigenvalue weighted by atomic mass is 9.96. The number of aliphatic hydroxyl groups is 1. The van der Waals surface area contributed by atoms with Gasteiger partial charge in [-0.25, -0.2) is 0 Å². The van der Waals surface area contributed by atoms with E-state index >= 15 is 0 Å². The van der Waals surface area contributed by atoms with Gasteiger partial charge < -0.3 is 14.3 Å². The maximum Gasteiger partial charge on any atom is 0.300 e. The SMILES string of the molecule is COc1c(C)cc(C)cc1/C(O)=C1\C(=O)C(=O)N(c2ccc(C)cc2C)C1c1ccc(C)o1. The summed E-state index contributed by atoms with van der Waals surface area (Å²) in [5.74, 6) is -0.288. The molecule has 1 unspecified atom stereocenters. The Labute approximate surface area is 193 Å². The summed E-state index contributed by atoms with van der Waals surface area (Å²) in [6.45, 7) is 9.40. The van der Waals surface area contributed by atoms with E-state index < -0.39 is 17.7 Å². The molecule has 2 heterocycles. The van der Waals surface area contributed by atoms with Crippen molar-refractivity contribution in [3.05, 3.63) is 87.4 Å². The molecule has 6 nitrogen and oxygen atoms in total. The van der Waals surface area contributed by atoms with Crippen molar-refractivity contribution >= 4 is 23.1 Å². The number of carbonyl (C=O) groups excluding carboxylic acids is 2. The second-order valence-corrected chi connectivity index (χ2v) is 8.57. The number of nitrogens with zero attached hydrogens (tertiary/aromatic N) is 1. The van der Waals surface area contributed by atoms with Gasteiger partial charge >= 0.3 is 0 Å². The molecule has 1 N–H and O–H groups in total. The van der Waals surface area contributed by atoms with E-state index in [2.05, 4.69) is 0 Å². The summed E-state index contributed by atoms with van der Waals surface area (Å²) < 4.78 is 11.4. The quantitative estimate of drug-likeness (QED) is 0.328. The average Bonchev–Trinajstić information content (AvgIpc) is 3.28. The van der Waals surface area contributed by atoms with Crippen molar-refractivity contribution < 1.29 is 23.8 Å². The number of ether oxygens (including phenoxy) is 1. The predicted molar refractivity (Wildman–Crippen MR) is 127 cm³/mol. The number of ketones is 1. The van der Waals surface area contributed by atoms with Crippen molar-refractivity contribution in [2.75, 3.05) is 12.0 Å². The third-order valence-electron chi connectivity index (χ3n) is 5.97. The summed E-state index contributed by atoms with van der Waals surface area (Å²) in [7, 11) is 1.51. The molecule has 6 heteroatoms. The highest BCUT2D eigenvalue weighted by Crippen LogP contribution is 2.45. The van der Waals surface area contributed by atoms with Crippen molar-refractivity contribution in [3.63, 3.8) is 0 Å². The molecular weight excluding hydrogens is 418 g/mol. The number of rotatable bonds is 4. The van der Waals surface area contributed by atoms with Crippen molar-refractivity contribution in [2.45, 2.75) is 40.7 Å². The molecule has 0 spiro atoms. The molecule has 1 aliphatic rings. The van der Waals surface area contributed by atoms with Gasteiger partial charge in [0.05, 0.1) is 18.2 Å². The van der Waals surface area contributed by atoms with E-state index in [0.29, 0.717) is 28.5 Å². The number of hydrogen-bond acceptors (Lipinski definition) is 5. The lowest BCUT2D eigenvalue weighted by molar-refractivity contribution is -0.132. The van der Waals surface area contributed by atoms with Gasteiger partial charge in [0, 0.05) is 5.69 Å². The number of carbonyl (C=O) groups is 2. The first kappa shape index (κ1) is 22.4. The number of furan rings is 1. The summed E-state index contributed by atoms with van der Waals surface area (Å²) in [5, 5.41) is 11.4. The summed E-state index contributed by atoms with van der Waals surface area (Å²) >= 11 is 0. The topological polar surface area (TPSA) is 80.0 Å². The van der Waals surface area contributed by atoms with Gasteiger partial charge in [0.25, 0.3) is 11.7 Å². The van der Waals surface area contributed by atoms with Crippen LogP contribution in [0.5, 0.6) is 5.75 Å². The first-order valence-electron chi connectivity index (χ1n) is 10.7. The number of anilines is 1. The van der Waals surface area contributed by atoms with E-state index in [9.17, 15) is 14.7 Å². The van der Waals surface area contributed by atoms with Crippen LogP contribution in [0.25, 0.3) is 5.76 Å². The Balaban J connectivity index is 2.02. The first-order valence-corrected chi connectivity index (χ1v) is 10.7. The van der Waals surface area contributed by atoms with Crippen LogP contribution in [-0.4, -0.2) is 23.9 Å². The van der Waals surface area contributed by atoms with Crippen LogP contribution in [0.15, 0.2) is 52.5 Å². The van der Waals surface area contributed by atoms with Gasteiger partial charge in [0.15, 0.2) is 0 Å². The van der Waals surface area contributed by atoms with Gasteiger partial charge in [-0.15, -0.1) is 0 Å². The molecule has 1 aliphatic heterocycles. The minimum Gasteiger partial charge on any atom is -0.507 e. The minimum absolute atomic E-state index is 0.0300. The molecular formula is C27H27NO5. The summed E-state index contributed by atoms with van der Waals surface area (Å²) in [4.78, 5) is 28.1. The highest BCUT2D eigenvalue weighted by atomic mass is 16.5. The number of amides is 1. The Morgan fingerprint density at radius 2 is 1.64 bits per heavy atom. The largest absolute Gasteiger partial charge is 0.507 e. The fourth-order valence-corrected chi connectivity index (χ4v) is 4.57. The Hall–Kier alpha value is -3.80. The highest BCUT2D eigenvalue weighted by molar-refractivity contribution is 6.51. The molecule has 4 rings (SSSR count). The third-order valence-corrected chi connectivity index (χ3v) is 5.97. The molecule has 2 aromatic carbocycles. The zero-order valence-corrected chi connectivity index (χ0v) is 19.6. The Kier molecular flexibility index (Phi) is 5.62. The summed E-state index contributed by atoms with van der Waals surface area (Å²) in [6.07, 6.45) is 0. The molecule has 1 atom stereocenters. The summed E-state index contributed by atoms with van der Waals surface area (Å²) in [6, 6.07) is 11.9. The van der Waals surface area contributed by atoms with Crippen LogP contribution in [0, 0.1) is 34.6 Å². The minimum atomic E-state index is -0.911. The van der Waals surface area contributed by atoms with Crippen LogP contribution >= 0.6 is 0 Å². The standard InChI is InChI=1S/C27H27NO5/c1-14-7-9-20(16(3)11-14)28-23(21-10-8-18(5)33-21)22(25(30)27(28)31)24(29)19-13-15(2)12-17(4)26(19)32-6/h7-13,23,29H,1-6H3/b24-22+. The van der Waals surface area contributed by atoms with Crippen molar-refractivity contribution in [3.8, 4) is 5.75 Å². The number of hydrogen-bond donors (Lipinski definition) is 1. The molecule has 1 fully saturated rings. The van der Waals surface area contributed by atoms with Crippen molar-refractivity contribution in [1.29, 1.82) is 0 Å². The van der Waals surface area contributed by atoms with Gasteiger partial charge in [0.2, 0.25) is 0 Å². The zero-order chi connectivity index (χ0) is 24.0. The Bertz CT molecular complexity index is 1310. The van der Waals surface area contributed by atoms with E-state index in [1.807, 2.05) is 52.0 Å². The van der Waals surface area contributed by atoms with Crippen LogP contribution < -0.4 is 9.64 Å². The van der Waals surface area contributed by atoms with Gasteiger partial charge in [0.1, 0.15) is 29.1 Å².